The molecule has 0 fully saturated rings. The monoisotopic (exact) mass is 242 g/mol. The van der Waals surface area contributed by atoms with Crippen LogP contribution in [0.3, 0.4) is 0 Å². The highest BCUT2D eigenvalue weighted by molar-refractivity contribution is 5.57. The molecule has 1 heterocycles. The summed E-state index contributed by atoms with van der Waals surface area (Å²) in [7, 11) is 1.57. The van der Waals surface area contributed by atoms with Crippen LogP contribution in [-0.4, -0.2) is 31.5 Å². The minimum atomic E-state index is -2.29. The van der Waals surface area contributed by atoms with E-state index in [-0.39, 0.29) is 6.54 Å². The average molecular weight is 242 g/mol. The van der Waals surface area contributed by atoms with Crippen LogP contribution in [0, 0.1) is 0 Å². The highest BCUT2D eigenvalue weighted by Gasteiger charge is 2.20. The molecule has 2 rings (SSSR count). The third kappa shape index (κ3) is 2.66. The van der Waals surface area contributed by atoms with Crippen molar-refractivity contribution >= 4 is 5.69 Å². The lowest BCUT2D eigenvalue weighted by molar-refractivity contribution is 0.0820. The number of ether oxygens (including phenoxy) is 1. The van der Waals surface area contributed by atoms with Crippen LogP contribution >= 0.6 is 0 Å². The summed E-state index contributed by atoms with van der Waals surface area (Å²) in [5.41, 5.74) is 8.53. The van der Waals surface area contributed by atoms with Crippen LogP contribution < -0.4 is 10.5 Å². The summed E-state index contributed by atoms with van der Waals surface area (Å²) >= 11 is 0. The Labute approximate surface area is 99.2 Å². The number of alkyl halides is 2. The molecule has 0 bridgehead atoms. The molecule has 0 atom stereocenters. The van der Waals surface area contributed by atoms with Gasteiger partial charge in [0, 0.05) is 13.1 Å². The molecule has 0 unspecified atom stereocenters. The SMILES string of the molecule is COc1cc2c(cc1N)CN(CC(F)F)CC2. The van der Waals surface area contributed by atoms with Crippen molar-refractivity contribution in [1.29, 1.82) is 0 Å². The number of nitrogens with two attached hydrogens (primary N) is 1. The second-order valence-corrected chi connectivity index (χ2v) is 4.24. The van der Waals surface area contributed by atoms with Crippen molar-refractivity contribution in [2.24, 2.45) is 0 Å². The maximum absolute atomic E-state index is 12.3. The first-order chi connectivity index (χ1) is 8.10. The van der Waals surface area contributed by atoms with E-state index in [1.807, 2.05) is 12.1 Å². The number of halogens is 2. The molecule has 17 heavy (non-hydrogen) atoms. The molecule has 0 saturated heterocycles. The van der Waals surface area contributed by atoms with E-state index in [1.54, 1.807) is 12.0 Å². The quantitative estimate of drug-likeness (QED) is 0.823. The molecule has 0 aliphatic carbocycles. The first-order valence-electron chi connectivity index (χ1n) is 5.56. The molecule has 2 N–H and O–H groups in total. The molecule has 94 valence electrons. The Morgan fingerprint density at radius 3 is 2.82 bits per heavy atom. The van der Waals surface area contributed by atoms with Crippen LogP contribution in [0.5, 0.6) is 5.75 Å². The van der Waals surface area contributed by atoms with Crippen molar-refractivity contribution in [2.75, 3.05) is 25.9 Å². The molecule has 0 spiro atoms. The maximum Gasteiger partial charge on any atom is 0.251 e. The number of fused-ring (bicyclic) bond motifs is 1. The van der Waals surface area contributed by atoms with E-state index < -0.39 is 6.43 Å². The number of rotatable bonds is 3. The molecule has 1 aliphatic rings. The summed E-state index contributed by atoms with van der Waals surface area (Å²) in [6.45, 7) is 1.02. The van der Waals surface area contributed by atoms with Gasteiger partial charge in [0.15, 0.2) is 0 Å². The molecule has 0 radical (unpaired) electrons. The minimum absolute atomic E-state index is 0.175. The second kappa shape index (κ2) is 4.87. The predicted molar refractivity (Wildman–Crippen MR) is 62.4 cm³/mol. The molecular formula is C12H16F2N2O. The summed E-state index contributed by atoms with van der Waals surface area (Å²) in [6, 6.07) is 3.73. The topological polar surface area (TPSA) is 38.5 Å². The standard InChI is InChI=1S/C12H16F2N2O/c1-17-11-5-8-2-3-16(7-12(13)14)6-9(8)4-10(11)15/h4-5,12H,2-3,6-7,15H2,1H3. The van der Waals surface area contributed by atoms with Crippen LogP contribution in [0.1, 0.15) is 11.1 Å². The van der Waals surface area contributed by atoms with E-state index in [0.717, 1.165) is 17.5 Å². The van der Waals surface area contributed by atoms with Gasteiger partial charge in [0.1, 0.15) is 5.75 Å². The van der Waals surface area contributed by atoms with Crippen LogP contribution in [-0.2, 0) is 13.0 Å². The lowest BCUT2D eigenvalue weighted by Crippen LogP contribution is -2.34. The van der Waals surface area contributed by atoms with E-state index in [4.69, 9.17) is 10.5 Å². The van der Waals surface area contributed by atoms with Gasteiger partial charge >= 0.3 is 0 Å². The van der Waals surface area contributed by atoms with E-state index in [0.29, 0.717) is 24.5 Å². The zero-order chi connectivity index (χ0) is 12.4. The van der Waals surface area contributed by atoms with Gasteiger partial charge in [-0.2, -0.15) is 0 Å². The predicted octanol–water partition coefficient (Wildman–Crippen LogP) is 1.90. The minimum Gasteiger partial charge on any atom is -0.495 e. The lowest BCUT2D eigenvalue weighted by atomic mass is 9.98. The summed E-state index contributed by atoms with van der Waals surface area (Å²) in [4.78, 5) is 1.75. The maximum atomic E-state index is 12.3. The van der Waals surface area contributed by atoms with Gasteiger partial charge in [-0.25, -0.2) is 8.78 Å². The third-order valence-electron chi connectivity index (χ3n) is 3.04. The summed E-state index contributed by atoms with van der Waals surface area (Å²) in [6.07, 6.45) is -1.52. The smallest absolute Gasteiger partial charge is 0.251 e. The number of nitrogen functional groups attached to an aromatic ring is 1. The Morgan fingerprint density at radius 1 is 1.41 bits per heavy atom. The molecule has 1 aromatic carbocycles. The van der Waals surface area contributed by atoms with Gasteiger partial charge < -0.3 is 10.5 Å². The van der Waals surface area contributed by atoms with Crippen LogP contribution in [0.2, 0.25) is 0 Å². The van der Waals surface area contributed by atoms with E-state index in [2.05, 4.69) is 0 Å². The Bertz CT molecular complexity index is 410. The Kier molecular flexibility index (Phi) is 3.47. The lowest BCUT2D eigenvalue weighted by Gasteiger charge is -2.29. The fourth-order valence-electron chi connectivity index (χ4n) is 2.19. The van der Waals surface area contributed by atoms with Crippen molar-refractivity contribution in [3.8, 4) is 5.75 Å². The Morgan fingerprint density at radius 2 is 2.18 bits per heavy atom. The van der Waals surface area contributed by atoms with E-state index in [1.165, 1.54) is 0 Å². The fourth-order valence-corrected chi connectivity index (χ4v) is 2.19. The van der Waals surface area contributed by atoms with Gasteiger partial charge in [0.2, 0.25) is 0 Å². The fraction of sp³-hybridized carbons (Fsp3) is 0.500. The molecule has 5 heteroatoms. The normalized spacial score (nSPS) is 16.0. The molecule has 0 aromatic heterocycles. The number of benzene rings is 1. The van der Waals surface area contributed by atoms with Gasteiger partial charge in [-0.1, -0.05) is 0 Å². The molecule has 3 nitrogen and oxygen atoms in total. The zero-order valence-electron chi connectivity index (χ0n) is 9.75. The number of nitrogens with zero attached hydrogens (tertiary/aromatic N) is 1. The summed E-state index contributed by atoms with van der Waals surface area (Å²) in [5.74, 6) is 0.658. The van der Waals surface area contributed by atoms with E-state index in [9.17, 15) is 8.78 Å². The second-order valence-electron chi connectivity index (χ2n) is 4.24. The number of hydrogen-bond donors (Lipinski definition) is 1. The van der Waals surface area contributed by atoms with Crippen molar-refractivity contribution in [3.63, 3.8) is 0 Å². The first kappa shape index (κ1) is 12.1. The first-order valence-corrected chi connectivity index (χ1v) is 5.56. The van der Waals surface area contributed by atoms with Gasteiger partial charge in [-0.05, 0) is 29.7 Å². The number of hydrogen-bond acceptors (Lipinski definition) is 3. The number of methoxy groups -OCH3 is 1. The summed E-state index contributed by atoms with van der Waals surface area (Å²) < 4.78 is 29.8. The van der Waals surface area contributed by atoms with Crippen molar-refractivity contribution < 1.29 is 13.5 Å². The molecular weight excluding hydrogens is 226 g/mol. The van der Waals surface area contributed by atoms with Gasteiger partial charge in [0.05, 0.1) is 19.3 Å². The van der Waals surface area contributed by atoms with Crippen LogP contribution in [0.15, 0.2) is 12.1 Å². The molecule has 1 aliphatic heterocycles. The highest BCUT2D eigenvalue weighted by Crippen LogP contribution is 2.29. The van der Waals surface area contributed by atoms with Gasteiger partial charge in [-0.3, -0.25) is 4.90 Å². The zero-order valence-corrected chi connectivity index (χ0v) is 9.75. The number of anilines is 1. The largest absolute Gasteiger partial charge is 0.495 e. The average Bonchev–Trinajstić information content (AvgIpc) is 2.27. The Hall–Kier alpha value is -1.36. The van der Waals surface area contributed by atoms with E-state index >= 15 is 0 Å². The van der Waals surface area contributed by atoms with Gasteiger partial charge in [0.25, 0.3) is 6.43 Å². The summed E-state index contributed by atoms with van der Waals surface area (Å²) in [5, 5.41) is 0. The molecule has 1 aromatic rings. The third-order valence-corrected chi connectivity index (χ3v) is 3.04. The molecule has 0 saturated carbocycles. The van der Waals surface area contributed by atoms with Crippen molar-refractivity contribution in [3.05, 3.63) is 23.3 Å². The highest BCUT2D eigenvalue weighted by atomic mass is 19.3. The molecule has 0 amide bonds. The van der Waals surface area contributed by atoms with Gasteiger partial charge in [-0.15, -0.1) is 0 Å². The van der Waals surface area contributed by atoms with Crippen LogP contribution in [0.4, 0.5) is 14.5 Å². The van der Waals surface area contributed by atoms with Crippen LogP contribution in [0.25, 0.3) is 0 Å². The Balaban J connectivity index is 2.18. The van der Waals surface area contributed by atoms with Crippen molar-refractivity contribution in [2.45, 2.75) is 19.4 Å². The van der Waals surface area contributed by atoms with Crippen molar-refractivity contribution in [1.82, 2.24) is 4.90 Å².